The molecule has 2 aliphatic heterocycles. The molecule has 2 heterocycles. The number of rotatable bonds is 2. The van der Waals surface area contributed by atoms with Crippen molar-refractivity contribution in [2.45, 2.75) is 12.3 Å². The molecule has 1 aromatic carbocycles. The monoisotopic (exact) mass is 268 g/mol. The first-order chi connectivity index (χ1) is 9.83. The first-order valence-corrected chi connectivity index (χ1v) is 7.06. The van der Waals surface area contributed by atoms with Gasteiger partial charge in [-0.3, -0.25) is 9.80 Å². The minimum absolute atomic E-state index is 0.255. The number of nitrogens with zero attached hydrogens (tertiary/aromatic N) is 2. The van der Waals surface area contributed by atoms with Crippen LogP contribution in [0.15, 0.2) is 24.3 Å². The van der Waals surface area contributed by atoms with Gasteiger partial charge in [0.25, 0.3) is 0 Å². The Morgan fingerprint density at radius 2 is 1.25 bits per heavy atom. The zero-order chi connectivity index (χ0) is 13.9. The van der Waals surface area contributed by atoms with Crippen molar-refractivity contribution in [3.8, 4) is 24.9 Å². The Bertz CT molecular complexity index is 500. The number of quaternary nitrogens is 2. The van der Waals surface area contributed by atoms with Gasteiger partial charge in [0.2, 0.25) is 0 Å². The lowest BCUT2D eigenvalue weighted by atomic mass is 10.1. The average molecular weight is 268 g/mol. The second-order valence-corrected chi connectivity index (χ2v) is 5.25. The Labute approximate surface area is 120 Å². The topological polar surface area (TPSA) is 39.7 Å². The van der Waals surface area contributed by atoms with Crippen LogP contribution in [-0.4, -0.2) is 36.0 Å². The van der Waals surface area contributed by atoms with E-state index in [1.54, 1.807) is 0 Å². The van der Waals surface area contributed by atoms with E-state index < -0.39 is 0 Å². The Morgan fingerprint density at radius 1 is 0.850 bits per heavy atom. The fourth-order valence-electron chi connectivity index (χ4n) is 3.09. The summed E-state index contributed by atoms with van der Waals surface area (Å²) in [6.07, 6.45) is 11.6. The lowest BCUT2D eigenvalue weighted by molar-refractivity contribution is -0.685. The van der Waals surface area contributed by atoms with Crippen LogP contribution in [0, 0.1) is 24.9 Å². The highest BCUT2D eigenvalue weighted by atomic mass is 15.3. The van der Waals surface area contributed by atoms with Gasteiger partial charge >= 0.3 is 0 Å². The van der Waals surface area contributed by atoms with Crippen molar-refractivity contribution in [2.24, 2.45) is 0 Å². The maximum absolute atomic E-state index is 5.55. The van der Waals surface area contributed by atoms with Gasteiger partial charge in [-0.1, -0.05) is 37.1 Å². The third kappa shape index (κ3) is 2.20. The second kappa shape index (κ2) is 5.46. The SMILES string of the molecule is C#CN1CC[NH2+]C1c1ccc(C2[NH2+]CCN2C#C)cc1. The predicted octanol–water partition coefficient (Wildman–Crippen LogP) is -1.38. The molecule has 0 saturated carbocycles. The van der Waals surface area contributed by atoms with Gasteiger partial charge in [-0.15, -0.1) is 0 Å². The fraction of sp³-hybridized carbons (Fsp3) is 0.375. The quantitative estimate of drug-likeness (QED) is 0.649. The summed E-state index contributed by atoms with van der Waals surface area (Å²) in [4.78, 5) is 4.09. The van der Waals surface area contributed by atoms with Crippen LogP contribution in [0.5, 0.6) is 0 Å². The molecule has 0 spiro atoms. The molecular weight excluding hydrogens is 248 g/mol. The van der Waals surface area contributed by atoms with E-state index in [4.69, 9.17) is 12.8 Å². The summed E-state index contributed by atoms with van der Waals surface area (Å²) in [6, 6.07) is 14.2. The molecule has 0 radical (unpaired) electrons. The molecule has 2 aliphatic rings. The van der Waals surface area contributed by atoms with E-state index in [1.165, 1.54) is 11.1 Å². The summed E-state index contributed by atoms with van der Waals surface area (Å²) < 4.78 is 0. The zero-order valence-electron chi connectivity index (χ0n) is 11.5. The first-order valence-electron chi connectivity index (χ1n) is 7.06. The van der Waals surface area contributed by atoms with Gasteiger partial charge in [0, 0.05) is 23.2 Å². The van der Waals surface area contributed by atoms with E-state index in [1.807, 2.05) is 9.80 Å². The molecule has 102 valence electrons. The molecule has 4 nitrogen and oxygen atoms in total. The number of nitrogens with two attached hydrogens (primary N) is 2. The third-order valence-corrected chi connectivity index (χ3v) is 4.14. The van der Waals surface area contributed by atoms with E-state index in [0.717, 1.165) is 26.2 Å². The number of terminal acetylenes is 2. The van der Waals surface area contributed by atoms with Crippen molar-refractivity contribution in [1.82, 2.24) is 9.80 Å². The Hall–Kier alpha value is -2.14. The largest absolute Gasteiger partial charge is 0.321 e. The van der Waals surface area contributed by atoms with Gasteiger partial charge in [0.1, 0.15) is 0 Å². The number of hydrogen-bond acceptors (Lipinski definition) is 2. The van der Waals surface area contributed by atoms with Crippen LogP contribution in [0.25, 0.3) is 0 Å². The smallest absolute Gasteiger partial charge is 0.195 e. The Morgan fingerprint density at radius 3 is 1.60 bits per heavy atom. The third-order valence-electron chi connectivity index (χ3n) is 4.14. The number of benzene rings is 1. The minimum atomic E-state index is 0.255. The van der Waals surface area contributed by atoms with Crippen molar-refractivity contribution < 1.29 is 10.6 Å². The summed E-state index contributed by atoms with van der Waals surface area (Å²) in [5.41, 5.74) is 2.52. The van der Waals surface area contributed by atoms with E-state index >= 15 is 0 Å². The first kappa shape index (κ1) is 12.9. The van der Waals surface area contributed by atoms with E-state index in [2.05, 4.69) is 47.0 Å². The molecule has 3 rings (SSSR count). The molecule has 1 aromatic rings. The molecule has 0 aromatic heterocycles. The highest BCUT2D eigenvalue weighted by Gasteiger charge is 2.30. The van der Waals surface area contributed by atoms with Crippen LogP contribution >= 0.6 is 0 Å². The van der Waals surface area contributed by atoms with Crippen LogP contribution in [0.3, 0.4) is 0 Å². The molecule has 2 unspecified atom stereocenters. The van der Waals surface area contributed by atoms with Gasteiger partial charge in [0.05, 0.1) is 26.2 Å². The van der Waals surface area contributed by atoms with Gasteiger partial charge in [-0.2, -0.15) is 0 Å². The Balaban J connectivity index is 1.78. The molecule has 2 fully saturated rings. The van der Waals surface area contributed by atoms with Crippen LogP contribution in [-0.2, 0) is 0 Å². The van der Waals surface area contributed by atoms with Gasteiger partial charge in [-0.25, -0.2) is 0 Å². The van der Waals surface area contributed by atoms with Gasteiger partial charge < -0.3 is 10.6 Å². The van der Waals surface area contributed by atoms with Crippen LogP contribution in [0.2, 0.25) is 0 Å². The van der Waals surface area contributed by atoms with E-state index in [9.17, 15) is 0 Å². The summed E-state index contributed by atoms with van der Waals surface area (Å²) in [6.45, 7) is 4.00. The van der Waals surface area contributed by atoms with Crippen LogP contribution in [0.4, 0.5) is 0 Å². The van der Waals surface area contributed by atoms with Crippen molar-refractivity contribution in [1.29, 1.82) is 0 Å². The van der Waals surface area contributed by atoms with E-state index in [0.29, 0.717) is 0 Å². The fourth-order valence-corrected chi connectivity index (χ4v) is 3.09. The number of hydrogen-bond donors (Lipinski definition) is 2. The summed E-state index contributed by atoms with van der Waals surface area (Å²) in [5, 5.41) is 4.56. The van der Waals surface area contributed by atoms with E-state index in [-0.39, 0.29) is 12.3 Å². The molecule has 0 bridgehead atoms. The standard InChI is InChI=1S/C16H18N4/c1-3-19-11-9-17-15(19)13-5-7-14(8-6-13)16-18-10-12-20(16)4-2/h1-2,5-8,15-18H,9-12H2/p+2. The van der Waals surface area contributed by atoms with Crippen molar-refractivity contribution in [3.63, 3.8) is 0 Å². The van der Waals surface area contributed by atoms with Crippen molar-refractivity contribution in [3.05, 3.63) is 35.4 Å². The molecule has 4 heteroatoms. The summed E-state index contributed by atoms with van der Waals surface area (Å²) in [5.74, 6) is 0. The minimum Gasteiger partial charge on any atom is -0.321 e. The molecule has 0 aliphatic carbocycles. The Kier molecular flexibility index (Phi) is 3.52. The van der Waals surface area contributed by atoms with Gasteiger partial charge in [0.15, 0.2) is 12.3 Å². The molecule has 20 heavy (non-hydrogen) atoms. The molecule has 2 atom stereocenters. The highest BCUT2D eigenvalue weighted by molar-refractivity contribution is 5.26. The molecule has 2 saturated heterocycles. The maximum atomic E-state index is 5.55. The maximum Gasteiger partial charge on any atom is 0.195 e. The summed E-state index contributed by atoms with van der Waals surface area (Å²) in [7, 11) is 0. The predicted molar refractivity (Wildman–Crippen MR) is 76.6 cm³/mol. The lowest BCUT2D eigenvalue weighted by Crippen LogP contribution is -2.83. The molecular formula is C16H20N4+2. The normalized spacial score (nSPS) is 25.5. The average Bonchev–Trinajstić information content (AvgIpc) is 3.15. The zero-order valence-corrected chi connectivity index (χ0v) is 11.5. The van der Waals surface area contributed by atoms with Crippen LogP contribution in [0.1, 0.15) is 23.5 Å². The summed E-state index contributed by atoms with van der Waals surface area (Å²) >= 11 is 0. The molecule has 0 amide bonds. The van der Waals surface area contributed by atoms with Crippen molar-refractivity contribution >= 4 is 0 Å². The van der Waals surface area contributed by atoms with Gasteiger partial charge in [-0.05, 0) is 0 Å². The second-order valence-electron chi connectivity index (χ2n) is 5.25. The lowest BCUT2D eigenvalue weighted by Gasteiger charge is -2.19. The van der Waals surface area contributed by atoms with Crippen molar-refractivity contribution in [2.75, 3.05) is 26.2 Å². The highest BCUT2D eigenvalue weighted by Crippen LogP contribution is 2.20. The van der Waals surface area contributed by atoms with Crippen LogP contribution < -0.4 is 10.6 Å². The molecule has 4 N–H and O–H groups in total.